The van der Waals surface area contributed by atoms with Crippen LogP contribution in [0.5, 0.6) is 0 Å². The van der Waals surface area contributed by atoms with Gasteiger partial charge in [0.15, 0.2) is 0 Å². The molecule has 3 rings (SSSR count). The molecular weight excluding hydrogens is 250 g/mol. The molecular formula is C17H17NO2. The van der Waals surface area contributed by atoms with Gasteiger partial charge >= 0.3 is 5.97 Å². The minimum atomic E-state index is -0.208. The fourth-order valence-electron chi connectivity index (χ4n) is 2.63. The molecule has 0 amide bonds. The lowest BCUT2D eigenvalue weighted by Gasteiger charge is -2.19. The van der Waals surface area contributed by atoms with Gasteiger partial charge in [0.1, 0.15) is 5.92 Å². The molecule has 2 atom stereocenters. The molecule has 0 spiro atoms. The Morgan fingerprint density at radius 1 is 1.00 bits per heavy atom. The van der Waals surface area contributed by atoms with Crippen molar-refractivity contribution in [2.24, 2.45) is 0 Å². The van der Waals surface area contributed by atoms with Crippen LogP contribution in [0, 0.1) is 0 Å². The second kappa shape index (κ2) is 5.47. The molecule has 0 radical (unpaired) electrons. The average molecular weight is 267 g/mol. The monoisotopic (exact) mass is 267 g/mol. The first-order chi connectivity index (χ1) is 9.75. The van der Waals surface area contributed by atoms with E-state index < -0.39 is 0 Å². The van der Waals surface area contributed by atoms with Gasteiger partial charge in [-0.25, -0.2) is 4.79 Å². The van der Waals surface area contributed by atoms with E-state index in [9.17, 15) is 4.79 Å². The van der Waals surface area contributed by atoms with E-state index in [1.807, 2.05) is 67.6 Å². The third kappa shape index (κ3) is 2.45. The second-order valence-electron chi connectivity index (χ2n) is 5.10. The van der Waals surface area contributed by atoms with Crippen molar-refractivity contribution in [3.05, 3.63) is 71.8 Å². The largest absolute Gasteiger partial charge is 0.367 e. The van der Waals surface area contributed by atoms with Gasteiger partial charge in [0.2, 0.25) is 0 Å². The maximum atomic E-state index is 12.1. The van der Waals surface area contributed by atoms with Crippen molar-refractivity contribution in [3.8, 4) is 0 Å². The summed E-state index contributed by atoms with van der Waals surface area (Å²) in [4.78, 5) is 17.6. The number of rotatable bonds is 3. The summed E-state index contributed by atoms with van der Waals surface area (Å²) in [5, 5.41) is 1.77. The molecule has 2 aromatic carbocycles. The van der Waals surface area contributed by atoms with Gasteiger partial charge in [-0.2, -0.15) is 0 Å². The summed E-state index contributed by atoms with van der Waals surface area (Å²) in [5.41, 5.74) is 2.15. The number of hydrogen-bond acceptors (Lipinski definition) is 3. The quantitative estimate of drug-likeness (QED) is 0.855. The number of benzene rings is 2. The van der Waals surface area contributed by atoms with Crippen LogP contribution in [0.3, 0.4) is 0 Å². The highest BCUT2D eigenvalue weighted by Crippen LogP contribution is 2.32. The Hall–Kier alpha value is -2.13. The lowest BCUT2D eigenvalue weighted by molar-refractivity contribution is -0.177. The molecule has 0 aliphatic carbocycles. The van der Waals surface area contributed by atoms with Gasteiger partial charge < -0.3 is 4.84 Å². The molecule has 0 aromatic heterocycles. The molecule has 1 heterocycles. The SMILES string of the molecule is CC1C(c2ccccc2)C(=O)ON1Cc1ccccc1. The third-order valence-corrected chi connectivity index (χ3v) is 3.74. The minimum Gasteiger partial charge on any atom is -0.367 e. The number of hydroxylamine groups is 2. The van der Waals surface area contributed by atoms with Crippen LogP contribution in [0.25, 0.3) is 0 Å². The zero-order valence-corrected chi connectivity index (χ0v) is 11.4. The molecule has 1 saturated heterocycles. The Kier molecular flexibility index (Phi) is 3.52. The Balaban J connectivity index is 1.79. The van der Waals surface area contributed by atoms with Crippen LogP contribution in [0.4, 0.5) is 0 Å². The van der Waals surface area contributed by atoms with Gasteiger partial charge in [0, 0.05) is 0 Å². The Morgan fingerprint density at radius 2 is 1.60 bits per heavy atom. The molecule has 20 heavy (non-hydrogen) atoms. The van der Waals surface area contributed by atoms with Gasteiger partial charge in [-0.15, -0.1) is 5.06 Å². The topological polar surface area (TPSA) is 29.5 Å². The second-order valence-corrected chi connectivity index (χ2v) is 5.10. The van der Waals surface area contributed by atoms with Gasteiger partial charge in [-0.1, -0.05) is 60.7 Å². The van der Waals surface area contributed by atoms with E-state index in [2.05, 4.69) is 0 Å². The molecule has 1 aliphatic rings. The summed E-state index contributed by atoms with van der Waals surface area (Å²) in [6, 6.07) is 19.9. The van der Waals surface area contributed by atoms with E-state index in [4.69, 9.17) is 4.84 Å². The van der Waals surface area contributed by atoms with Gasteiger partial charge in [0.05, 0.1) is 12.6 Å². The first-order valence-electron chi connectivity index (χ1n) is 6.83. The van der Waals surface area contributed by atoms with Crippen LogP contribution in [-0.2, 0) is 16.2 Å². The molecule has 1 aliphatic heterocycles. The highest BCUT2D eigenvalue weighted by atomic mass is 16.7. The zero-order chi connectivity index (χ0) is 13.9. The Labute approximate surface area is 118 Å². The first kappa shape index (κ1) is 12.9. The fourth-order valence-corrected chi connectivity index (χ4v) is 2.63. The van der Waals surface area contributed by atoms with Crippen LogP contribution in [0.2, 0.25) is 0 Å². The maximum absolute atomic E-state index is 12.1. The third-order valence-electron chi connectivity index (χ3n) is 3.74. The van der Waals surface area contributed by atoms with Crippen LogP contribution < -0.4 is 0 Å². The molecule has 0 bridgehead atoms. The Morgan fingerprint density at radius 3 is 2.25 bits per heavy atom. The molecule has 3 nitrogen and oxygen atoms in total. The van der Waals surface area contributed by atoms with Crippen molar-refractivity contribution >= 4 is 5.97 Å². The van der Waals surface area contributed by atoms with Crippen LogP contribution in [-0.4, -0.2) is 17.1 Å². The molecule has 3 heteroatoms. The van der Waals surface area contributed by atoms with E-state index in [-0.39, 0.29) is 17.9 Å². The highest BCUT2D eigenvalue weighted by molar-refractivity contribution is 5.80. The van der Waals surface area contributed by atoms with E-state index in [0.29, 0.717) is 6.54 Å². The van der Waals surface area contributed by atoms with E-state index in [0.717, 1.165) is 11.1 Å². The molecule has 2 unspecified atom stereocenters. The van der Waals surface area contributed by atoms with Crippen molar-refractivity contribution in [1.82, 2.24) is 5.06 Å². The summed E-state index contributed by atoms with van der Waals surface area (Å²) < 4.78 is 0. The number of carbonyl (C=O) groups is 1. The average Bonchev–Trinajstić information content (AvgIpc) is 2.75. The highest BCUT2D eigenvalue weighted by Gasteiger charge is 2.41. The normalized spacial score (nSPS) is 22.8. The summed E-state index contributed by atoms with van der Waals surface area (Å²) in [6.45, 7) is 2.66. The Bertz CT molecular complexity index is 582. The summed E-state index contributed by atoms with van der Waals surface area (Å²) in [7, 11) is 0. The molecule has 1 fully saturated rings. The van der Waals surface area contributed by atoms with Gasteiger partial charge in [-0.05, 0) is 18.1 Å². The lowest BCUT2D eigenvalue weighted by atomic mass is 9.93. The first-order valence-corrected chi connectivity index (χ1v) is 6.83. The number of nitrogens with zero attached hydrogens (tertiary/aromatic N) is 1. The predicted octanol–water partition coefficient (Wildman–Crippen LogP) is 3.13. The molecule has 0 N–H and O–H groups in total. The predicted molar refractivity (Wildman–Crippen MR) is 76.7 cm³/mol. The van der Waals surface area contributed by atoms with Gasteiger partial charge in [0.25, 0.3) is 0 Å². The van der Waals surface area contributed by atoms with E-state index >= 15 is 0 Å². The van der Waals surface area contributed by atoms with Crippen LogP contribution in [0.15, 0.2) is 60.7 Å². The maximum Gasteiger partial charge on any atom is 0.334 e. The summed E-state index contributed by atoms with van der Waals surface area (Å²) >= 11 is 0. The standard InChI is InChI=1S/C17H17NO2/c1-13-16(15-10-6-3-7-11-15)17(19)20-18(13)12-14-8-4-2-5-9-14/h2-11,13,16H,12H2,1H3. The molecule has 0 saturated carbocycles. The van der Waals surface area contributed by atoms with Crippen molar-refractivity contribution in [2.45, 2.75) is 25.4 Å². The minimum absolute atomic E-state index is 0.0325. The lowest BCUT2D eigenvalue weighted by Crippen LogP contribution is -2.28. The number of hydrogen-bond donors (Lipinski definition) is 0. The van der Waals surface area contributed by atoms with Crippen LogP contribution in [0.1, 0.15) is 24.0 Å². The van der Waals surface area contributed by atoms with Crippen molar-refractivity contribution < 1.29 is 9.63 Å². The summed E-state index contributed by atoms with van der Waals surface area (Å²) in [6.07, 6.45) is 0. The number of carbonyl (C=O) groups excluding carboxylic acids is 1. The van der Waals surface area contributed by atoms with E-state index in [1.54, 1.807) is 5.06 Å². The molecule has 102 valence electrons. The fraction of sp³-hybridized carbons (Fsp3) is 0.235. The van der Waals surface area contributed by atoms with Crippen LogP contribution >= 0.6 is 0 Å². The van der Waals surface area contributed by atoms with Crippen molar-refractivity contribution in [3.63, 3.8) is 0 Å². The van der Waals surface area contributed by atoms with Crippen molar-refractivity contribution in [2.75, 3.05) is 0 Å². The zero-order valence-electron chi connectivity index (χ0n) is 11.4. The molecule has 2 aromatic rings. The van der Waals surface area contributed by atoms with Crippen molar-refractivity contribution in [1.29, 1.82) is 0 Å². The summed E-state index contributed by atoms with van der Waals surface area (Å²) in [5.74, 6) is -0.375. The smallest absolute Gasteiger partial charge is 0.334 e. The van der Waals surface area contributed by atoms with Gasteiger partial charge in [-0.3, -0.25) is 0 Å². The van der Waals surface area contributed by atoms with E-state index in [1.165, 1.54) is 0 Å².